The first-order valence-corrected chi connectivity index (χ1v) is 6.15. The zero-order valence-corrected chi connectivity index (χ0v) is 11.2. The average Bonchev–Trinajstić information content (AvgIpc) is 2.53. The lowest BCUT2D eigenvalue weighted by atomic mass is 10.1. The van der Waals surface area contributed by atoms with Gasteiger partial charge in [0.1, 0.15) is 17.9 Å². The molecular formula is C15H10N2O5. The molecule has 0 amide bonds. The van der Waals surface area contributed by atoms with Crippen molar-refractivity contribution < 1.29 is 19.6 Å². The molecule has 0 aromatic heterocycles. The SMILES string of the molecule is N#Cc1ccc(COc2ccc([N+](=O)[O-])c(C(=O)O)c2)cc1. The van der Waals surface area contributed by atoms with E-state index in [1.54, 1.807) is 24.3 Å². The normalized spacial score (nSPS) is 9.77. The Kier molecular flexibility index (Phi) is 4.34. The van der Waals surface area contributed by atoms with E-state index < -0.39 is 22.1 Å². The maximum atomic E-state index is 11.0. The van der Waals surface area contributed by atoms with Gasteiger partial charge in [-0.2, -0.15) is 5.26 Å². The Morgan fingerprint density at radius 1 is 1.27 bits per heavy atom. The summed E-state index contributed by atoms with van der Waals surface area (Å²) in [5.41, 5.74) is 0.391. The van der Waals surface area contributed by atoms with Crippen molar-refractivity contribution in [3.63, 3.8) is 0 Å². The van der Waals surface area contributed by atoms with E-state index in [1.807, 2.05) is 6.07 Å². The second kappa shape index (κ2) is 6.37. The van der Waals surface area contributed by atoms with Crippen LogP contribution in [-0.2, 0) is 6.61 Å². The number of nitriles is 1. The van der Waals surface area contributed by atoms with Crippen LogP contribution in [0.25, 0.3) is 0 Å². The van der Waals surface area contributed by atoms with Gasteiger partial charge in [-0.15, -0.1) is 0 Å². The number of hydrogen-bond donors (Lipinski definition) is 1. The van der Waals surface area contributed by atoms with Crippen LogP contribution in [0.15, 0.2) is 42.5 Å². The fraction of sp³-hybridized carbons (Fsp3) is 0.0667. The Morgan fingerprint density at radius 2 is 1.95 bits per heavy atom. The highest BCUT2D eigenvalue weighted by Gasteiger charge is 2.20. The van der Waals surface area contributed by atoms with Gasteiger partial charge in [0.25, 0.3) is 5.69 Å². The van der Waals surface area contributed by atoms with Crippen molar-refractivity contribution in [1.82, 2.24) is 0 Å². The predicted octanol–water partition coefficient (Wildman–Crippen LogP) is 2.74. The Labute approximate surface area is 125 Å². The molecule has 7 heteroatoms. The lowest BCUT2D eigenvalue weighted by Gasteiger charge is -2.07. The summed E-state index contributed by atoms with van der Waals surface area (Å²) in [5, 5.41) is 28.4. The molecule has 0 heterocycles. The number of carboxylic acids is 1. The molecule has 7 nitrogen and oxygen atoms in total. The fourth-order valence-electron chi connectivity index (χ4n) is 1.78. The molecule has 0 aliphatic carbocycles. The first-order chi connectivity index (χ1) is 10.5. The molecule has 0 aliphatic heterocycles. The molecule has 2 aromatic carbocycles. The minimum atomic E-state index is -1.39. The minimum Gasteiger partial charge on any atom is -0.489 e. The number of carboxylic acid groups (broad SMARTS) is 1. The molecule has 110 valence electrons. The van der Waals surface area contributed by atoms with Crippen molar-refractivity contribution >= 4 is 11.7 Å². The van der Waals surface area contributed by atoms with Crippen LogP contribution in [-0.4, -0.2) is 16.0 Å². The molecule has 0 aliphatic rings. The van der Waals surface area contributed by atoms with Gasteiger partial charge in [-0.1, -0.05) is 12.1 Å². The number of aromatic carboxylic acids is 1. The van der Waals surface area contributed by atoms with Crippen molar-refractivity contribution in [1.29, 1.82) is 5.26 Å². The zero-order chi connectivity index (χ0) is 16.1. The summed E-state index contributed by atoms with van der Waals surface area (Å²) in [7, 11) is 0. The molecule has 0 atom stereocenters. The lowest BCUT2D eigenvalue weighted by molar-refractivity contribution is -0.385. The van der Waals surface area contributed by atoms with Crippen LogP contribution in [0.2, 0.25) is 0 Å². The quantitative estimate of drug-likeness (QED) is 0.670. The topological polar surface area (TPSA) is 113 Å². The molecule has 22 heavy (non-hydrogen) atoms. The molecular weight excluding hydrogens is 288 g/mol. The molecule has 0 spiro atoms. The van der Waals surface area contributed by atoms with Crippen LogP contribution in [0.4, 0.5) is 5.69 Å². The number of nitro benzene ring substituents is 1. The van der Waals surface area contributed by atoms with E-state index in [2.05, 4.69) is 0 Å². The molecule has 0 saturated heterocycles. The zero-order valence-electron chi connectivity index (χ0n) is 11.2. The number of benzene rings is 2. The summed E-state index contributed by atoms with van der Waals surface area (Å²) in [6.45, 7) is 0.155. The largest absolute Gasteiger partial charge is 0.489 e. The summed E-state index contributed by atoms with van der Waals surface area (Å²) in [5.74, 6) is -1.18. The van der Waals surface area contributed by atoms with Gasteiger partial charge >= 0.3 is 5.97 Å². The summed E-state index contributed by atoms with van der Waals surface area (Å²) >= 11 is 0. The van der Waals surface area contributed by atoms with Crippen LogP contribution >= 0.6 is 0 Å². The second-order valence-corrected chi connectivity index (χ2v) is 4.34. The Morgan fingerprint density at radius 3 is 2.50 bits per heavy atom. The van der Waals surface area contributed by atoms with Gasteiger partial charge in [-0.3, -0.25) is 10.1 Å². The maximum Gasteiger partial charge on any atom is 0.342 e. The standard InChI is InChI=1S/C15H10N2O5/c16-8-10-1-3-11(4-2-10)9-22-12-5-6-14(17(20)21)13(7-12)15(18)19/h1-7H,9H2,(H,18,19). The molecule has 0 saturated carbocycles. The molecule has 2 rings (SSSR count). The molecule has 1 N–H and O–H groups in total. The molecule has 2 aromatic rings. The number of rotatable bonds is 5. The van der Waals surface area contributed by atoms with Crippen LogP contribution in [0.3, 0.4) is 0 Å². The highest BCUT2D eigenvalue weighted by molar-refractivity contribution is 5.92. The number of ether oxygens (including phenoxy) is 1. The number of nitro groups is 1. The first-order valence-electron chi connectivity index (χ1n) is 6.15. The van der Waals surface area contributed by atoms with Gasteiger partial charge in [-0.05, 0) is 23.8 Å². The molecule has 0 fully saturated rings. The van der Waals surface area contributed by atoms with E-state index >= 15 is 0 Å². The Bertz CT molecular complexity index is 762. The predicted molar refractivity (Wildman–Crippen MR) is 75.5 cm³/mol. The highest BCUT2D eigenvalue weighted by atomic mass is 16.6. The Hall–Kier alpha value is -3.40. The minimum absolute atomic E-state index is 0.155. The van der Waals surface area contributed by atoms with Crippen molar-refractivity contribution in [2.24, 2.45) is 0 Å². The second-order valence-electron chi connectivity index (χ2n) is 4.34. The monoisotopic (exact) mass is 298 g/mol. The molecule has 0 bridgehead atoms. The fourth-order valence-corrected chi connectivity index (χ4v) is 1.78. The van der Waals surface area contributed by atoms with Crippen LogP contribution in [0.5, 0.6) is 5.75 Å². The summed E-state index contributed by atoms with van der Waals surface area (Å²) in [6, 6.07) is 12.2. The van der Waals surface area contributed by atoms with Gasteiger partial charge in [0.15, 0.2) is 0 Å². The van der Waals surface area contributed by atoms with Crippen molar-refractivity contribution in [3.05, 3.63) is 69.3 Å². The Balaban J connectivity index is 2.16. The third-order valence-electron chi connectivity index (χ3n) is 2.88. The van der Waals surface area contributed by atoms with Crippen molar-refractivity contribution in [2.75, 3.05) is 0 Å². The van der Waals surface area contributed by atoms with Crippen molar-refractivity contribution in [2.45, 2.75) is 6.61 Å². The summed E-state index contributed by atoms with van der Waals surface area (Å²) in [6.07, 6.45) is 0. The summed E-state index contributed by atoms with van der Waals surface area (Å²) < 4.78 is 5.42. The van der Waals surface area contributed by atoms with Gasteiger partial charge in [0, 0.05) is 12.1 Å². The van der Waals surface area contributed by atoms with E-state index in [0.717, 1.165) is 17.7 Å². The van der Waals surface area contributed by atoms with E-state index in [0.29, 0.717) is 5.56 Å². The number of carbonyl (C=O) groups is 1. The van der Waals surface area contributed by atoms with Gasteiger partial charge in [0.2, 0.25) is 0 Å². The number of hydrogen-bond acceptors (Lipinski definition) is 5. The third-order valence-corrected chi connectivity index (χ3v) is 2.88. The molecule has 0 unspecified atom stereocenters. The van der Waals surface area contributed by atoms with E-state index in [1.165, 1.54) is 6.07 Å². The van der Waals surface area contributed by atoms with Crippen LogP contribution in [0, 0.1) is 21.4 Å². The van der Waals surface area contributed by atoms with Crippen molar-refractivity contribution in [3.8, 4) is 11.8 Å². The first kappa shape index (κ1) is 15.0. The summed E-state index contributed by atoms with van der Waals surface area (Å²) in [4.78, 5) is 21.0. The van der Waals surface area contributed by atoms with Gasteiger partial charge < -0.3 is 9.84 Å². The van der Waals surface area contributed by atoms with E-state index in [-0.39, 0.29) is 12.4 Å². The lowest BCUT2D eigenvalue weighted by Crippen LogP contribution is -2.04. The maximum absolute atomic E-state index is 11.0. The van der Waals surface area contributed by atoms with Gasteiger partial charge in [-0.25, -0.2) is 4.79 Å². The number of nitrogens with zero attached hydrogens (tertiary/aromatic N) is 2. The molecule has 0 radical (unpaired) electrons. The average molecular weight is 298 g/mol. The van der Waals surface area contributed by atoms with Gasteiger partial charge in [0.05, 0.1) is 16.6 Å². The third kappa shape index (κ3) is 3.37. The van der Waals surface area contributed by atoms with E-state index in [9.17, 15) is 14.9 Å². The smallest absolute Gasteiger partial charge is 0.342 e. The van der Waals surface area contributed by atoms with E-state index in [4.69, 9.17) is 15.1 Å². The highest BCUT2D eigenvalue weighted by Crippen LogP contribution is 2.24. The van der Waals surface area contributed by atoms with Crippen LogP contribution in [0.1, 0.15) is 21.5 Å². The van der Waals surface area contributed by atoms with Crippen LogP contribution < -0.4 is 4.74 Å².